The van der Waals surface area contributed by atoms with E-state index >= 15 is 0 Å². The molecule has 1 saturated heterocycles. The minimum absolute atomic E-state index is 0.132. The summed E-state index contributed by atoms with van der Waals surface area (Å²) >= 11 is 0.132. The molecule has 0 bridgehead atoms. The van der Waals surface area contributed by atoms with Crippen LogP contribution in [0.5, 0.6) is 0 Å². The van der Waals surface area contributed by atoms with Gasteiger partial charge in [-0.3, -0.25) is 15.4 Å². The Hall–Kier alpha value is -1.36. The molecule has 1 aromatic heterocycles. The van der Waals surface area contributed by atoms with Crippen LogP contribution in [0.25, 0.3) is 0 Å². The van der Waals surface area contributed by atoms with Crippen molar-refractivity contribution in [3.63, 3.8) is 0 Å². The van der Waals surface area contributed by atoms with E-state index in [9.17, 15) is 26.7 Å². The van der Waals surface area contributed by atoms with E-state index in [0.29, 0.717) is 0 Å². The van der Waals surface area contributed by atoms with Crippen molar-refractivity contribution in [1.29, 1.82) is 0 Å². The van der Waals surface area contributed by atoms with Crippen LogP contribution in [0.3, 0.4) is 0 Å². The van der Waals surface area contributed by atoms with E-state index < -0.39 is 42.0 Å². The zero-order chi connectivity index (χ0) is 14.3. The second-order valence-corrected chi connectivity index (χ2v) is 4.87. The summed E-state index contributed by atoms with van der Waals surface area (Å²) in [6, 6.07) is -1.16. The molecule has 0 aromatic carbocycles. The van der Waals surface area contributed by atoms with Gasteiger partial charge in [-0.2, -0.15) is 13.2 Å². The molecule has 0 spiro atoms. The SMILES string of the molecule is O=C(Nc1nnc(C(F)(F)F)s1)C1CC(F)(F)CN1. The molecule has 1 atom stereocenters. The molecule has 5 nitrogen and oxygen atoms in total. The van der Waals surface area contributed by atoms with E-state index in [-0.39, 0.29) is 16.5 Å². The standard InChI is InChI=1S/C8H7F5N4OS/c9-7(10)1-3(14-2-7)4(18)15-6-17-16-5(19-6)8(11,12)13/h3,14H,1-2H2,(H,15,17,18). The molecule has 1 aliphatic rings. The van der Waals surface area contributed by atoms with Crippen LogP contribution >= 0.6 is 11.3 Å². The number of alkyl halides is 5. The quantitative estimate of drug-likeness (QED) is 0.812. The second kappa shape index (κ2) is 4.63. The average molecular weight is 302 g/mol. The summed E-state index contributed by atoms with van der Waals surface area (Å²) in [5, 5.41) is 8.69. The van der Waals surface area contributed by atoms with E-state index in [0.717, 1.165) is 0 Å². The highest BCUT2D eigenvalue weighted by molar-refractivity contribution is 7.15. The largest absolute Gasteiger partial charge is 0.445 e. The predicted molar refractivity (Wildman–Crippen MR) is 54.9 cm³/mol. The Bertz CT molecular complexity index is 488. The summed E-state index contributed by atoms with van der Waals surface area (Å²) in [6.45, 7) is -0.644. The molecular formula is C8H7F5N4OS. The van der Waals surface area contributed by atoms with Crippen molar-refractivity contribution in [2.45, 2.75) is 24.6 Å². The van der Waals surface area contributed by atoms with Crippen molar-refractivity contribution < 1.29 is 26.7 Å². The number of nitrogens with zero attached hydrogens (tertiary/aromatic N) is 2. The van der Waals surface area contributed by atoms with Gasteiger partial charge >= 0.3 is 6.18 Å². The monoisotopic (exact) mass is 302 g/mol. The average Bonchev–Trinajstić information content (AvgIpc) is 2.83. The predicted octanol–water partition coefficient (Wildman–Crippen LogP) is 1.49. The minimum Gasteiger partial charge on any atom is -0.300 e. The van der Waals surface area contributed by atoms with Gasteiger partial charge in [-0.05, 0) is 0 Å². The maximum absolute atomic E-state index is 12.8. The van der Waals surface area contributed by atoms with E-state index in [1.54, 1.807) is 0 Å². The Morgan fingerprint density at radius 2 is 2.11 bits per heavy atom. The van der Waals surface area contributed by atoms with E-state index in [2.05, 4.69) is 15.5 Å². The van der Waals surface area contributed by atoms with Crippen LogP contribution in [-0.4, -0.2) is 34.6 Å². The number of halogens is 5. The zero-order valence-electron chi connectivity index (χ0n) is 9.09. The van der Waals surface area contributed by atoms with Crippen LogP contribution in [0.15, 0.2) is 0 Å². The van der Waals surface area contributed by atoms with E-state index in [1.165, 1.54) is 0 Å². The maximum atomic E-state index is 12.8. The molecule has 2 rings (SSSR count). The number of carbonyl (C=O) groups excluding carboxylic acids is 1. The van der Waals surface area contributed by atoms with Gasteiger partial charge in [0.2, 0.25) is 16.0 Å². The van der Waals surface area contributed by atoms with Crippen LogP contribution in [-0.2, 0) is 11.0 Å². The Kier molecular flexibility index (Phi) is 3.43. The third kappa shape index (κ3) is 3.35. The molecule has 0 saturated carbocycles. The minimum atomic E-state index is -4.65. The molecule has 1 aromatic rings. The molecule has 2 N–H and O–H groups in total. The number of rotatable bonds is 2. The Balaban J connectivity index is 1.98. The highest BCUT2D eigenvalue weighted by Gasteiger charge is 2.42. The Labute approximate surface area is 107 Å². The zero-order valence-corrected chi connectivity index (χ0v) is 9.91. The van der Waals surface area contributed by atoms with Crippen LogP contribution < -0.4 is 10.6 Å². The summed E-state index contributed by atoms with van der Waals surface area (Å²) in [5.74, 6) is -3.86. The second-order valence-electron chi connectivity index (χ2n) is 3.89. The molecule has 106 valence electrons. The summed E-state index contributed by atoms with van der Waals surface area (Å²) in [6.07, 6.45) is -5.36. The summed E-state index contributed by atoms with van der Waals surface area (Å²) in [5.41, 5.74) is 0. The lowest BCUT2D eigenvalue weighted by molar-refractivity contribution is -0.138. The van der Waals surface area contributed by atoms with Gasteiger partial charge in [0.1, 0.15) is 0 Å². The van der Waals surface area contributed by atoms with Gasteiger partial charge in [0.25, 0.3) is 5.92 Å². The number of hydrogen-bond donors (Lipinski definition) is 2. The van der Waals surface area contributed by atoms with Gasteiger partial charge in [-0.25, -0.2) is 8.78 Å². The van der Waals surface area contributed by atoms with Gasteiger partial charge in [0.15, 0.2) is 0 Å². The van der Waals surface area contributed by atoms with Crippen LogP contribution in [0.4, 0.5) is 27.1 Å². The fourth-order valence-corrected chi connectivity index (χ4v) is 2.10. The van der Waals surface area contributed by atoms with Gasteiger partial charge in [0, 0.05) is 6.42 Å². The number of hydrogen-bond acceptors (Lipinski definition) is 5. The van der Waals surface area contributed by atoms with Crippen molar-refractivity contribution in [2.75, 3.05) is 11.9 Å². The third-order valence-electron chi connectivity index (χ3n) is 2.32. The summed E-state index contributed by atoms with van der Waals surface area (Å²) in [4.78, 5) is 11.5. The van der Waals surface area contributed by atoms with Crippen molar-refractivity contribution in [2.24, 2.45) is 0 Å². The van der Waals surface area contributed by atoms with Crippen molar-refractivity contribution in [3.05, 3.63) is 5.01 Å². The molecule has 1 fully saturated rings. The Morgan fingerprint density at radius 3 is 2.58 bits per heavy atom. The number of aromatic nitrogens is 2. The first-order valence-corrected chi connectivity index (χ1v) is 5.82. The number of nitrogens with one attached hydrogen (secondary N) is 2. The Morgan fingerprint density at radius 1 is 1.42 bits per heavy atom. The van der Waals surface area contributed by atoms with Crippen molar-refractivity contribution in [1.82, 2.24) is 15.5 Å². The topological polar surface area (TPSA) is 66.9 Å². The van der Waals surface area contributed by atoms with Gasteiger partial charge in [0.05, 0.1) is 12.6 Å². The van der Waals surface area contributed by atoms with E-state index in [1.807, 2.05) is 5.32 Å². The summed E-state index contributed by atoms with van der Waals surface area (Å²) < 4.78 is 62.3. The first-order valence-electron chi connectivity index (χ1n) is 5.00. The highest BCUT2D eigenvalue weighted by atomic mass is 32.1. The smallest absolute Gasteiger partial charge is 0.300 e. The number of carbonyl (C=O) groups is 1. The number of anilines is 1. The van der Waals surface area contributed by atoms with Gasteiger partial charge in [-0.1, -0.05) is 11.3 Å². The first-order chi connectivity index (χ1) is 8.67. The fourth-order valence-electron chi connectivity index (χ4n) is 1.48. The molecule has 11 heteroatoms. The molecule has 2 heterocycles. The van der Waals surface area contributed by atoms with Crippen molar-refractivity contribution >= 4 is 22.4 Å². The molecule has 0 radical (unpaired) electrons. The van der Waals surface area contributed by atoms with Gasteiger partial charge < -0.3 is 0 Å². The fraction of sp³-hybridized carbons (Fsp3) is 0.625. The van der Waals surface area contributed by atoms with E-state index in [4.69, 9.17) is 0 Å². The van der Waals surface area contributed by atoms with Gasteiger partial charge in [-0.15, -0.1) is 10.2 Å². The lowest BCUT2D eigenvalue weighted by Crippen LogP contribution is -2.35. The number of amides is 1. The normalized spacial score (nSPS) is 22.5. The highest BCUT2D eigenvalue weighted by Crippen LogP contribution is 2.33. The first kappa shape index (κ1) is 14.1. The molecular weight excluding hydrogens is 295 g/mol. The maximum Gasteiger partial charge on any atom is 0.445 e. The summed E-state index contributed by atoms with van der Waals surface area (Å²) in [7, 11) is 0. The molecule has 0 aliphatic carbocycles. The molecule has 1 unspecified atom stereocenters. The third-order valence-corrected chi connectivity index (χ3v) is 3.21. The van der Waals surface area contributed by atoms with Crippen molar-refractivity contribution in [3.8, 4) is 0 Å². The van der Waals surface area contributed by atoms with Crippen LogP contribution in [0.2, 0.25) is 0 Å². The molecule has 1 amide bonds. The molecule has 1 aliphatic heterocycles. The molecule has 19 heavy (non-hydrogen) atoms. The van der Waals surface area contributed by atoms with Crippen LogP contribution in [0, 0.1) is 0 Å². The van der Waals surface area contributed by atoms with Crippen LogP contribution in [0.1, 0.15) is 11.4 Å². The lowest BCUT2D eigenvalue weighted by Gasteiger charge is -2.08. The lowest BCUT2D eigenvalue weighted by atomic mass is 10.2.